The van der Waals surface area contributed by atoms with Crippen LogP contribution in [-0.2, 0) is 0 Å². The molecule has 0 fully saturated rings. The van der Waals surface area contributed by atoms with Crippen molar-refractivity contribution in [3.63, 3.8) is 0 Å². The van der Waals surface area contributed by atoms with Crippen LogP contribution in [0.1, 0.15) is 20.3 Å². The number of ether oxygens (including phenoxy) is 1. The average Bonchev–Trinajstić information content (AvgIpc) is 2.11. The molecule has 0 saturated carbocycles. The van der Waals surface area contributed by atoms with Crippen molar-refractivity contribution >= 4 is 21.6 Å². The number of rotatable bonds is 4. The molecular formula is C11H15BrFNO2. The van der Waals surface area contributed by atoms with Gasteiger partial charge in [-0.3, -0.25) is 0 Å². The maximum atomic E-state index is 13.2. The van der Waals surface area contributed by atoms with Gasteiger partial charge in [-0.2, -0.15) is 0 Å². The molecule has 0 aliphatic rings. The first-order valence-electron chi connectivity index (χ1n) is 4.89. The van der Waals surface area contributed by atoms with E-state index in [1.54, 1.807) is 13.8 Å². The molecule has 0 amide bonds. The van der Waals surface area contributed by atoms with Crippen molar-refractivity contribution in [1.82, 2.24) is 0 Å². The Bertz CT molecular complexity index is 377. The van der Waals surface area contributed by atoms with Gasteiger partial charge in [0.2, 0.25) is 0 Å². The Morgan fingerprint density at radius 2 is 2.12 bits per heavy atom. The van der Waals surface area contributed by atoms with Gasteiger partial charge in [0.25, 0.3) is 0 Å². The second-order valence-electron chi connectivity index (χ2n) is 4.22. The Labute approximate surface area is 103 Å². The highest BCUT2D eigenvalue weighted by atomic mass is 79.9. The van der Waals surface area contributed by atoms with Crippen molar-refractivity contribution in [2.45, 2.75) is 25.9 Å². The molecule has 1 aromatic rings. The zero-order valence-electron chi connectivity index (χ0n) is 9.26. The predicted octanol–water partition coefficient (Wildman–Crippen LogP) is 2.71. The van der Waals surface area contributed by atoms with E-state index in [9.17, 15) is 9.50 Å². The van der Waals surface area contributed by atoms with Gasteiger partial charge in [-0.1, -0.05) is 0 Å². The fourth-order valence-corrected chi connectivity index (χ4v) is 1.44. The minimum Gasteiger partial charge on any atom is -0.491 e. The van der Waals surface area contributed by atoms with Crippen molar-refractivity contribution in [3.05, 3.63) is 22.4 Å². The summed E-state index contributed by atoms with van der Waals surface area (Å²) in [5.74, 6) is -0.127. The number of nitrogens with two attached hydrogens (primary N) is 1. The summed E-state index contributed by atoms with van der Waals surface area (Å²) in [6.07, 6.45) is 0.449. The summed E-state index contributed by atoms with van der Waals surface area (Å²) in [7, 11) is 0. The van der Waals surface area contributed by atoms with Crippen LogP contribution in [0, 0.1) is 5.82 Å². The fourth-order valence-electron chi connectivity index (χ4n) is 1.08. The lowest BCUT2D eigenvalue weighted by atomic mass is 10.1. The van der Waals surface area contributed by atoms with Gasteiger partial charge in [-0.25, -0.2) is 4.39 Å². The number of hydrogen-bond donors (Lipinski definition) is 2. The van der Waals surface area contributed by atoms with Crippen LogP contribution < -0.4 is 10.5 Å². The molecule has 0 atom stereocenters. The minimum absolute atomic E-state index is 0.286. The van der Waals surface area contributed by atoms with E-state index in [-0.39, 0.29) is 6.61 Å². The first-order valence-corrected chi connectivity index (χ1v) is 5.68. The van der Waals surface area contributed by atoms with Gasteiger partial charge < -0.3 is 15.6 Å². The third-order valence-corrected chi connectivity index (χ3v) is 2.63. The van der Waals surface area contributed by atoms with Gasteiger partial charge in [0.05, 0.1) is 22.4 Å². The lowest BCUT2D eigenvalue weighted by molar-refractivity contribution is 0.0554. The Morgan fingerprint density at radius 3 is 2.69 bits per heavy atom. The van der Waals surface area contributed by atoms with Gasteiger partial charge in [0, 0.05) is 12.5 Å². The molecule has 1 rings (SSSR count). The highest BCUT2D eigenvalue weighted by Crippen LogP contribution is 2.28. The third-order valence-electron chi connectivity index (χ3n) is 2.02. The van der Waals surface area contributed by atoms with E-state index in [1.807, 2.05) is 0 Å². The summed E-state index contributed by atoms with van der Waals surface area (Å²) in [5.41, 5.74) is 5.22. The van der Waals surface area contributed by atoms with Gasteiger partial charge in [0.1, 0.15) is 11.6 Å². The Hall–Kier alpha value is -0.810. The summed E-state index contributed by atoms with van der Waals surface area (Å²) >= 11 is 3.03. The smallest absolute Gasteiger partial charge is 0.145 e. The van der Waals surface area contributed by atoms with Crippen LogP contribution >= 0.6 is 15.9 Å². The van der Waals surface area contributed by atoms with Crippen LogP contribution in [0.5, 0.6) is 5.75 Å². The van der Waals surface area contributed by atoms with E-state index in [1.165, 1.54) is 12.1 Å². The number of halogens is 2. The molecule has 0 heterocycles. The Kier molecular flexibility index (Phi) is 4.15. The van der Waals surface area contributed by atoms with Crippen molar-refractivity contribution < 1.29 is 14.2 Å². The highest BCUT2D eigenvalue weighted by Gasteiger charge is 2.13. The van der Waals surface area contributed by atoms with Crippen LogP contribution in [0.2, 0.25) is 0 Å². The molecule has 0 unspecified atom stereocenters. The quantitative estimate of drug-likeness (QED) is 0.839. The zero-order valence-corrected chi connectivity index (χ0v) is 10.8. The molecule has 0 saturated heterocycles. The number of anilines is 1. The predicted molar refractivity (Wildman–Crippen MR) is 64.9 cm³/mol. The van der Waals surface area contributed by atoms with E-state index in [0.717, 1.165) is 0 Å². The van der Waals surface area contributed by atoms with Crippen LogP contribution in [0.3, 0.4) is 0 Å². The monoisotopic (exact) mass is 291 g/mol. The molecule has 16 heavy (non-hydrogen) atoms. The third kappa shape index (κ3) is 3.98. The summed E-state index contributed by atoms with van der Waals surface area (Å²) in [4.78, 5) is 0. The van der Waals surface area contributed by atoms with Gasteiger partial charge in [-0.15, -0.1) is 0 Å². The molecule has 0 aliphatic carbocycles. The van der Waals surface area contributed by atoms with E-state index in [2.05, 4.69) is 15.9 Å². The molecule has 0 aromatic heterocycles. The number of aliphatic hydroxyl groups is 1. The molecule has 0 bridgehead atoms. The van der Waals surface area contributed by atoms with Crippen LogP contribution in [0.15, 0.2) is 16.6 Å². The number of hydrogen-bond acceptors (Lipinski definition) is 3. The second-order valence-corrected chi connectivity index (χ2v) is 5.07. The van der Waals surface area contributed by atoms with E-state index >= 15 is 0 Å². The lowest BCUT2D eigenvalue weighted by Gasteiger charge is -2.17. The van der Waals surface area contributed by atoms with Gasteiger partial charge in [-0.05, 0) is 35.8 Å². The zero-order chi connectivity index (χ0) is 12.3. The summed E-state index contributed by atoms with van der Waals surface area (Å²) in [6, 6.07) is 2.68. The van der Waals surface area contributed by atoms with Crippen LogP contribution in [0.25, 0.3) is 0 Å². The summed E-state index contributed by atoms with van der Waals surface area (Å²) < 4.78 is 18.8. The maximum absolute atomic E-state index is 13.2. The van der Waals surface area contributed by atoms with Crippen molar-refractivity contribution in [2.75, 3.05) is 12.3 Å². The van der Waals surface area contributed by atoms with E-state index < -0.39 is 11.4 Å². The van der Waals surface area contributed by atoms with Crippen LogP contribution in [-0.4, -0.2) is 17.3 Å². The second kappa shape index (κ2) is 5.01. The molecule has 3 N–H and O–H groups in total. The first kappa shape index (κ1) is 13.3. The molecule has 0 spiro atoms. The largest absolute Gasteiger partial charge is 0.491 e. The van der Waals surface area contributed by atoms with Crippen molar-refractivity contribution in [3.8, 4) is 5.75 Å². The first-order chi connectivity index (χ1) is 7.29. The molecule has 1 aromatic carbocycles. The lowest BCUT2D eigenvalue weighted by Crippen LogP contribution is -2.22. The average molecular weight is 292 g/mol. The minimum atomic E-state index is -0.803. The van der Waals surface area contributed by atoms with Crippen molar-refractivity contribution in [2.24, 2.45) is 0 Å². The molecular weight excluding hydrogens is 277 g/mol. The maximum Gasteiger partial charge on any atom is 0.145 e. The molecule has 0 radical (unpaired) electrons. The molecule has 3 nitrogen and oxygen atoms in total. The van der Waals surface area contributed by atoms with Crippen molar-refractivity contribution in [1.29, 1.82) is 0 Å². The fraction of sp³-hybridized carbons (Fsp3) is 0.455. The molecule has 5 heteroatoms. The standard InChI is InChI=1S/C11H15BrFNO2/c1-11(2,15)3-4-16-10-6-8(13)7(12)5-9(10)14/h5-6,15H,3-4,14H2,1-2H3. The van der Waals surface area contributed by atoms with Gasteiger partial charge in [0.15, 0.2) is 0 Å². The highest BCUT2D eigenvalue weighted by molar-refractivity contribution is 9.10. The van der Waals surface area contributed by atoms with Crippen LogP contribution in [0.4, 0.5) is 10.1 Å². The number of nitrogen functional groups attached to an aromatic ring is 1. The molecule has 90 valence electrons. The topological polar surface area (TPSA) is 55.5 Å². The van der Waals surface area contributed by atoms with E-state index in [4.69, 9.17) is 10.5 Å². The number of benzene rings is 1. The molecule has 0 aliphatic heterocycles. The van der Waals surface area contributed by atoms with Gasteiger partial charge >= 0.3 is 0 Å². The normalized spacial score (nSPS) is 11.6. The summed E-state index contributed by atoms with van der Waals surface area (Å²) in [6.45, 7) is 3.65. The Balaban J connectivity index is 2.64. The SMILES string of the molecule is CC(C)(O)CCOc1cc(F)c(Br)cc1N. The van der Waals surface area contributed by atoms with E-state index in [0.29, 0.717) is 22.3 Å². The Morgan fingerprint density at radius 1 is 1.50 bits per heavy atom. The summed E-state index contributed by atoms with van der Waals surface area (Å²) in [5, 5.41) is 9.47.